The van der Waals surface area contributed by atoms with E-state index in [2.05, 4.69) is 34.6 Å². The molecule has 0 bridgehead atoms. The van der Waals surface area contributed by atoms with Gasteiger partial charge in [-0.3, -0.25) is 0 Å². The predicted octanol–water partition coefficient (Wildman–Crippen LogP) is 2.86. The monoisotopic (exact) mass is 188 g/mol. The van der Waals surface area contributed by atoms with Crippen LogP contribution in [0.15, 0.2) is 0 Å². The molecular formula is C11H24O2. The van der Waals surface area contributed by atoms with Crippen LogP contribution in [0.3, 0.4) is 0 Å². The van der Waals surface area contributed by atoms with E-state index in [1.165, 1.54) is 0 Å². The van der Waals surface area contributed by atoms with E-state index in [-0.39, 0.29) is 6.10 Å². The molecule has 2 heteroatoms. The molecule has 0 aromatic carbocycles. The maximum absolute atomic E-state index is 5.68. The van der Waals surface area contributed by atoms with E-state index in [1.54, 1.807) is 0 Å². The average molecular weight is 188 g/mol. The lowest BCUT2D eigenvalue weighted by atomic mass is 10.1. The standard InChI is InChI=1S/C11H24O2/c1-6-7-12-11(9(2)3)8-13-10(4)5/h9-11H,6-8H2,1-5H3. The van der Waals surface area contributed by atoms with Gasteiger partial charge in [0.25, 0.3) is 0 Å². The van der Waals surface area contributed by atoms with Gasteiger partial charge in [0.1, 0.15) is 0 Å². The summed E-state index contributed by atoms with van der Waals surface area (Å²) in [7, 11) is 0. The van der Waals surface area contributed by atoms with Crippen LogP contribution < -0.4 is 0 Å². The molecule has 0 amide bonds. The van der Waals surface area contributed by atoms with Gasteiger partial charge >= 0.3 is 0 Å². The fourth-order valence-corrected chi connectivity index (χ4v) is 0.990. The molecule has 0 saturated heterocycles. The van der Waals surface area contributed by atoms with E-state index in [1.807, 2.05) is 0 Å². The highest BCUT2D eigenvalue weighted by molar-refractivity contribution is 4.61. The van der Waals surface area contributed by atoms with Gasteiger partial charge in [0.15, 0.2) is 0 Å². The van der Waals surface area contributed by atoms with Gasteiger partial charge in [-0.1, -0.05) is 20.8 Å². The van der Waals surface area contributed by atoms with E-state index in [0.717, 1.165) is 19.6 Å². The van der Waals surface area contributed by atoms with Crippen LogP contribution in [0, 0.1) is 5.92 Å². The van der Waals surface area contributed by atoms with E-state index in [4.69, 9.17) is 9.47 Å². The molecule has 0 aliphatic heterocycles. The highest BCUT2D eigenvalue weighted by Crippen LogP contribution is 2.08. The molecule has 0 spiro atoms. The van der Waals surface area contributed by atoms with Crippen LogP contribution in [0.2, 0.25) is 0 Å². The number of ether oxygens (including phenoxy) is 2. The summed E-state index contributed by atoms with van der Waals surface area (Å²) in [6.45, 7) is 12.1. The molecule has 13 heavy (non-hydrogen) atoms. The number of hydrogen-bond donors (Lipinski definition) is 0. The third-order valence-corrected chi connectivity index (χ3v) is 1.87. The first-order valence-electron chi connectivity index (χ1n) is 5.31. The van der Waals surface area contributed by atoms with Crippen LogP contribution in [-0.2, 0) is 9.47 Å². The van der Waals surface area contributed by atoms with Crippen LogP contribution in [0.5, 0.6) is 0 Å². The molecule has 0 saturated carbocycles. The zero-order valence-electron chi connectivity index (χ0n) is 9.67. The van der Waals surface area contributed by atoms with Crippen molar-refractivity contribution in [2.45, 2.75) is 53.2 Å². The van der Waals surface area contributed by atoms with Crippen molar-refractivity contribution >= 4 is 0 Å². The van der Waals surface area contributed by atoms with Crippen LogP contribution in [-0.4, -0.2) is 25.4 Å². The maximum Gasteiger partial charge on any atom is 0.0831 e. The fourth-order valence-electron chi connectivity index (χ4n) is 0.990. The number of rotatable bonds is 7. The average Bonchev–Trinajstić information content (AvgIpc) is 2.03. The maximum atomic E-state index is 5.68. The Bertz CT molecular complexity index is 111. The summed E-state index contributed by atoms with van der Waals surface area (Å²) in [4.78, 5) is 0. The molecular weight excluding hydrogens is 164 g/mol. The van der Waals surface area contributed by atoms with Gasteiger partial charge in [-0.25, -0.2) is 0 Å². The summed E-state index contributed by atoms with van der Waals surface area (Å²) in [6.07, 6.45) is 1.62. The largest absolute Gasteiger partial charge is 0.376 e. The summed E-state index contributed by atoms with van der Waals surface area (Å²) in [5.74, 6) is 0.533. The Morgan fingerprint density at radius 1 is 1.00 bits per heavy atom. The minimum absolute atomic E-state index is 0.252. The third-order valence-electron chi connectivity index (χ3n) is 1.87. The Morgan fingerprint density at radius 2 is 1.62 bits per heavy atom. The van der Waals surface area contributed by atoms with E-state index in [9.17, 15) is 0 Å². The summed E-state index contributed by atoms with van der Waals surface area (Å²) < 4.78 is 11.2. The van der Waals surface area contributed by atoms with E-state index in [0.29, 0.717) is 12.0 Å². The van der Waals surface area contributed by atoms with Crippen LogP contribution in [0.25, 0.3) is 0 Å². The second kappa shape index (κ2) is 7.34. The van der Waals surface area contributed by atoms with Crippen LogP contribution in [0.4, 0.5) is 0 Å². The molecule has 0 aliphatic carbocycles. The smallest absolute Gasteiger partial charge is 0.0831 e. The molecule has 0 N–H and O–H groups in total. The van der Waals surface area contributed by atoms with Crippen molar-refractivity contribution in [3.8, 4) is 0 Å². The van der Waals surface area contributed by atoms with E-state index >= 15 is 0 Å². The zero-order valence-corrected chi connectivity index (χ0v) is 9.67. The third kappa shape index (κ3) is 7.03. The molecule has 1 unspecified atom stereocenters. The van der Waals surface area contributed by atoms with Gasteiger partial charge in [0, 0.05) is 6.61 Å². The molecule has 0 aliphatic rings. The molecule has 0 fully saturated rings. The molecule has 0 heterocycles. The molecule has 0 aromatic heterocycles. The quantitative estimate of drug-likeness (QED) is 0.611. The van der Waals surface area contributed by atoms with Crippen molar-refractivity contribution in [2.24, 2.45) is 5.92 Å². The normalized spacial score (nSPS) is 14.1. The van der Waals surface area contributed by atoms with Crippen molar-refractivity contribution in [3.05, 3.63) is 0 Å². The number of hydrogen-bond acceptors (Lipinski definition) is 2. The predicted molar refractivity (Wildman–Crippen MR) is 56.0 cm³/mol. The topological polar surface area (TPSA) is 18.5 Å². The Morgan fingerprint density at radius 3 is 2.00 bits per heavy atom. The molecule has 0 rings (SSSR count). The van der Waals surface area contributed by atoms with Gasteiger partial charge in [-0.15, -0.1) is 0 Å². The van der Waals surface area contributed by atoms with Crippen LogP contribution in [0.1, 0.15) is 41.0 Å². The van der Waals surface area contributed by atoms with Crippen molar-refractivity contribution in [2.75, 3.05) is 13.2 Å². The summed E-state index contributed by atoms with van der Waals surface area (Å²) in [5, 5.41) is 0. The Hall–Kier alpha value is -0.0800. The van der Waals surface area contributed by atoms with Crippen LogP contribution >= 0.6 is 0 Å². The highest BCUT2D eigenvalue weighted by atomic mass is 16.5. The van der Waals surface area contributed by atoms with Gasteiger partial charge in [0.2, 0.25) is 0 Å². The Labute approximate surface area is 82.6 Å². The fraction of sp³-hybridized carbons (Fsp3) is 1.00. The first kappa shape index (κ1) is 12.9. The first-order chi connectivity index (χ1) is 6.07. The second-order valence-electron chi connectivity index (χ2n) is 4.04. The lowest BCUT2D eigenvalue weighted by Gasteiger charge is -2.22. The molecule has 80 valence electrons. The highest BCUT2D eigenvalue weighted by Gasteiger charge is 2.14. The molecule has 0 aromatic rings. The van der Waals surface area contributed by atoms with Crippen molar-refractivity contribution in [3.63, 3.8) is 0 Å². The van der Waals surface area contributed by atoms with Gasteiger partial charge < -0.3 is 9.47 Å². The lowest BCUT2D eigenvalue weighted by Crippen LogP contribution is -2.27. The minimum Gasteiger partial charge on any atom is -0.376 e. The summed E-state index contributed by atoms with van der Waals surface area (Å²) in [5.41, 5.74) is 0. The summed E-state index contributed by atoms with van der Waals surface area (Å²) in [6, 6.07) is 0. The lowest BCUT2D eigenvalue weighted by molar-refractivity contribution is -0.0545. The Balaban J connectivity index is 3.67. The summed E-state index contributed by atoms with van der Waals surface area (Å²) >= 11 is 0. The van der Waals surface area contributed by atoms with Gasteiger partial charge in [-0.2, -0.15) is 0 Å². The Kier molecular flexibility index (Phi) is 7.29. The zero-order chi connectivity index (χ0) is 10.3. The van der Waals surface area contributed by atoms with E-state index < -0.39 is 0 Å². The molecule has 1 atom stereocenters. The van der Waals surface area contributed by atoms with Crippen molar-refractivity contribution in [1.29, 1.82) is 0 Å². The second-order valence-corrected chi connectivity index (χ2v) is 4.04. The minimum atomic E-state index is 0.252. The van der Waals surface area contributed by atoms with Crippen molar-refractivity contribution < 1.29 is 9.47 Å². The van der Waals surface area contributed by atoms with Crippen molar-refractivity contribution in [1.82, 2.24) is 0 Å². The van der Waals surface area contributed by atoms with Gasteiger partial charge in [-0.05, 0) is 26.2 Å². The SMILES string of the molecule is CCCOC(COC(C)C)C(C)C. The first-order valence-corrected chi connectivity index (χ1v) is 5.31. The molecule has 2 nitrogen and oxygen atoms in total. The van der Waals surface area contributed by atoms with Gasteiger partial charge in [0.05, 0.1) is 18.8 Å². The molecule has 0 radical (unpaired) electrons.